The van der Waals surface area contributed by atoms with Crippen molar-refractivity contribution in [3.63, 3.8) is 0 Å². The third-order valence-corrected chi connectivity index (χ3v) is 2.98. The van der Waals surface area contributed by atoms with Gasteiger partial charge in [-0.25, -0.2) is 4.79 Å². The Labute approximate surface area is 112 Å². The summed E-state index contributed by atoms with van der Waals surface area (Å²) in [6.45, 7) is 4.02. The highest BCUT2D eigenvalue weighted by molar-refractivity contribution is 6.03. The van der Waals surface area contributed by atoms with Gasteiger partial charge in [0.25, 0.3) is 0 Å². The normalized spacial score (nSPS) is 15.8. The molecule has 0 fully saturated rings. The molecule has 1 aliphatic rings. The van der Waals surface area contributed by atoms with Gasteiger partial charge in [-0.3, -0.25) is 4.79 Å². The summed E-state index contributed by atoms with van der Waals surface area (Å²) >= 11 is 0. The molecule has 1 aromatic carbocycles. The van der Waals surface area contributed by atoms with E-state index in [1.54, 1.807) is 19.1 Å². The fourth-order valence-electron chi connectivity index (χ4n) is 2.02. The summed E-state index contributed by atoms with van der Waals surface area (Å²) in [7, 11) is 0. The monoisotopic (exact) mass is 260 g/mol. The zero-order valence-corrected chi connectivity index (χ0v) is 11.1. The van der Waals surface area contributed by atoms with Crippen LogP contribution in [-0.2, 0) is 14.3 Å². The molecular weight excluding hydrogens is 244 g/mol. The summed E-state index contributed by atoms with van der Waals surface area (Å²) in [5.74, 6) is 0.00559. The zero-order chi connectivity index (χ0) is 13.8. The highest BCUT2D eigenvalue weighted by atomic mass is 16.5. The van der Waals surface area contributed by atoms with Crippen molar-refractivity contribution in [2.75, 3.05) is 6.61 Å². The lowest BCUT2D eigenvalue weighted by Crippen LogP contribution is -2.04. The van der Waals surface area contributed by atoms with Crippen LogP contribution in [0.25, 0.3) is 5.76 Å². The third kappa shape index (κ3) is 2.84. The van der Waals surface area contributed by atoms with E-state index in [4.69, 9.17) is 9.47 Å². The summed E-state index contributed by atoms with van der Waals surface area (Å²) < 4.78 is 10.2. The Balaban J connectivity index is 2.15. The number of allylic oxidation sites excluding steroid dienone is 1. The van der Waals surface area contributed by atoms with E-state index >= 15 is 0 Å². The van der Waals surface area contributed by atoms with Gasteiger partial charge in [0.1, 0.15) is 5.76 Å². The molecule has 0 amide bonds. The summed E-state index contributed by atoms with van der Waals surface area (Å²) in [5, 5.41) is 0. The van der Waals surface area contributed by atoms with Gasteiger partial charge < -0.3 is 9.47 Å². The number of hydrogen-bond acceptors (Lipinski definition) is 4. The number of rotatable bonds is 4. The lowest BCUT2D eigenvalue weighted by Gasteiger charge is -2.06. The topological polar surface area (TPSA) is 52.6 Å². The average Bonchev–Trinajstić information content (AvgIpc) is 2.75. The highest BCUT2D eigenvalue weighted by Crippen LogP contribution is 2.33. The van der Waals surface area contributed by atoms with Crippen LogP contribution < -0.4 is 0 Å². The van der Waals surface area contributed by atoms with Crippen LogP contribution in [0.4, 0.5) is 0 Å². The molecule has 100 valence electrons. The first-order chi connectivity index (χ1) is 9.13. The molecule has 1 aliphatic heterocycles. The minimum absolute atomic E-state index is 0.236. The summed E-state index contributed by atoms with van der Waals surface area (Å²) in [5.41, 5.74) is 2.26. The number of cyclic esters (lactones) is 1. The molecule has 0 aliphatic carbocycles. The van der Waals surface area contributed by atoms with E-state index in [1.807, 2.05) is 19.1 Å². The molecule has 4 nitrogen and oxygen atoms in total. The molecule has 0 atom stereocenters. The SMILES string of the molecule is CCOC(=O)CCC(C)=C1OC(=O)c2ccccc21. The van der Waals surface area contributed by atoms with E-state index in [1.165, 1.54) is 0 Å². The molecule has 0 saturated heterocycles. The molecule has 4 heteroatoms. The molecule has 0 radical (unpaired) electrons. The predicted molar refractivity (Wildman–Crippen MR) is 70.3 cm³/mol. The van der Waals surface area contributed by atoms with E-state index < -0.39 is 0 Å². The van der Waals surface area contributed by atoms with Crippen molar-refractivity contribution < 1.29 is 19.1 Å². The smallest absolute Gasteiger partial charge is 0.344 e. The van der Waals surface area contributed by atoms with Crippen LogP contribution in [0.15, 0.2) is 29.8 Å². The first-order valence-corrected chi connectivity index (χ1v) is 6.30. The fourth-order valence-corrected chi connectivity index (χ4v) is 2.02. The van der Waals surface area contributed by atoms with E-state index in [2.05, 4.69) is 0 Å². The third-order valence-electron chi connectivity index (χ3n) is 2.98. The van der Waals surface area contributed by atoms with Gasteiger partial charge in [0, 0.05) is 12.0 Å². The molecule has 0 N–H and O–H groups in total. The molecule has 2 rings (SSSR count). The number of carbonyl (C=O) groups is 2. The van der Waals surface area contributed by atoms with Crippen molar-refractivity contribution in [2.45, 2.75) is 26.7 Å². The number of ether oxygens (including phenoxy) is 2. The van der Waals surface area contributed by atoms with Gasteiger partial charge in [-0.2, -0.15) is 0 Å². The molecule has 19 heavy (non-hydrogen) atoms. The van der Waals surface area contributed by atoms with Gasteiger partial charge in [0.05, 0.1) is 12.2 Å². The number of hydrogen-bond donors (Lipinski definition) is 0. The van der Waals surface area contributed by atoms with Crippen LogP contribution in [0.2, 0.25) is 0 Å². The fraction of sp³-hybridized carbons (Fsp3) is 0.333. The predicted octanol–water partition coefficient (Wildman–Crippen LogP) is 2.93. The Bertz CT molecular complexity index is 543. The van der Waals surface area contributed by atoms with E-state index in [9.17, 15) is 9.59 Å². The van der Waals surface area contributed by atoms with Gasteiger partial charge in [-0.1, -0.05) is 18.2 Å². The molecule has 0 saturated carbocycles. The van der Waals surface area contributed by atoms with Crippen LogP contribution in [0.1, 0.15) is 42.6 Å². The highest BCUT2D eigenvalue weighted by Gasteiger charge is 2.27. The first kappa shape index (κ1) is 13.3. The Morgan fingerprint density at radius 1 is 1.21 bits per heavy atom. The van der Waals surface area contributed by atoms with Gasteiger partial charge >= 0.3 is 11.9 Å². The van der Waals surface area contributed by atoms with E-state index in [0.29, 0.717) is 30.8 Å². The van der Waals surface area contributed by atoms with E-state index in [0.717, 1.165) is 11.1 Å². The molecule has 0 aromatic heterocycles. The van der Waals surface area contributed by atoms with Gasteiger partial charge in [-0.15, -0.1) is 0 Å². The Hall–Kier alpha value is -2.10. The van der Waals surface area contributed by atoms with Crippen LogP contribution in [0.5, 0.6) is 0 Å². The molecule has 0 spiro atoms. The number of fused-ring (bicyclic) bond motifs is 1. The molecule has 1 aromatic rings. The summed E-state index contributed by atoms with van der Waals surface area (Å²) in [6.07, 6.45) is 0.818. The van der Waals surface area contributed by atoms with Crippen LogP contribution in [0.3, 0.4) is 0 Å². The minimum Gasteiger partial charge on any atom is -0.466 e. The van der Waals surface area contributed by atoms with Crippen molar-refractivity contribution in [3.8, 4) is 0 Å². The standard InChI is InChI=1S/C15H16O4/c1-3-18-13(16)9-8-10(2)14-11-6-4-5-7-12(11)15(17)19-14/h4-7H,3,8-9H2,1-2H3. The number of carbonyl (C=O) groups excluding carboxylic acids is 2. The van der Waals surface area contributed by atoms with Gasteiger partial charge in [-0.05, 0) is 31.9 Å². The second kappa shape index (κ2) is 5.69. The van der Waals surface area contributed by atoms with Crippen molar-refractivity contribution in [2.24, 2.45) is 0 Å². The summed E-state index contributed by atoms with van der Waals surface area (Å²) in [6, 6.07) is 7.25. The van der Waals surface area contributed by atoms with Crippen LogP contribution in [0, 0.1) is 0 Å². The quantitative estimate of drug-likeness (QED) is 0.781. The van der Waals surface area contributed by atoms with Crippen molar-refractivity contribution >= 4 is 17.7 Å². The molecular formula is C15H16O4. The Morgan fingerprint density at radius 3 is 2.58 bits per heavy atom. The molecule has 1 heterocycles. The molecule has 0 bridgehead atoms. The lowest BCUT2D eigenvalue weighted by atomic mass is 10.0. The van der Waals surface area contributed by atoms with Crippen molar-refractivity contribution in [3.05, 3.63) is 41.0 Å². The number of esters is 2. The van der Waals surface area contributed by atoms with Crippen LogP contribution in [-0.4, -0.2) is 18.5 Å². The maximum absolute atomic E-state index is 11.7. The Kier molecular flexibility index (Phi) is 4.00. The van der Waals surface area contributed by atoms with Crippen molar-refractivity contribution in [1.82, 2.24) is 0 Å². The van der Waals surface area contributed by atoms with Gasteiger partial charge in [0.15, 0.2) is 0 Å². The zero-order valence-electron chi connectivity index (χ0n) is 11.1. The average molecular weight is 260 g/mol. The Morgan fingerprint density at radius 2 is 1.89 bits per heavy atom. The number of benzene rings is 1. The second-order valence-electron chi connectivity index (χ2n) is 4.35. The second-order valence-corrected chi connectivity index (χ2v) is 4.35. The first-order valence-electron chi connectivity index (χ1n) is 6.30. The van der Waals surface area contributed by atoms with Crippen molar-refractivity contribution in [1.29, 1.82) is 0 Å². The lowest BCUT2D eigenvalue weighted by molar-refractivity contribution is -0.143. The van der Waals surface area contributed by atoms with E-state index in [-0.39, 0.29) is 11.9 Å². The maximum atomic E-state index is 11.7. The largest absolute Gasteiger partial charge is 0.466 e. The summed E-state index contributed by atoms with van der Waals surface area (Å²) in [4.78, 5) is 23.0. The molecule has 0 unspecified atom stereocenters. The minimum atomic E-state index is -0.332. The van der Waals surface area contributed by atoms with Crippen LogP contribution >= 0.6 is 0 Å². The van der Waals surface area contributed by atoms with Gasteiger partial charge in [0.2, 0.25) is 0 Å². The maximum Gasteiger partial charge on any atom is 0.344 e.